The second-order valence-electron chi connectivity index (χ2n) is 10.2. The quantitative estimate of drug-likeness (QED) is 0.284. The van der Waals surface area contributed by atoms with E-state index < -0.39 is 17.6 Å². The first-order valence-corrected chi connectivity index (χ1v) is 14.0. The van der Waals surface area contributed by atoms with E-state index in [0.29, 0.717) is 37.7 Å². The second kappa shape index (κ2) is 13.7. The lowest BCUT2D eigenvalue weighted by molar-refractivity contribution is -0.137. The molecule has 1 N–H and O–H groups in total. The van der Waals surface area contributed by atoms with Crippen molar-refractivity contribution in [3.63, 3.8) is 0 Å². The van der Waals surface area contributed by atoms with Crippen LogP contribution in [-0.2, 0) is 26.9 Å². The molecule has 1 saturated heterocycles. The van der Waals surface area contributed by atoms with E-state index in [-0.39, 0.29) is 24.8 Å². The Labute approximate surface area is 247 Å². The molecule has 8 nitrogen and oxygen atoms in total. The van der Waals surface area contributed by atoms with Crippen molar-refractivity contribution in [3.05, 3.63) is 102 Å². The number of anilines is 1. The number of alkyl halides is 3. The average Bonchev–Trinajstić information content (AvgIpc) is 3.44. The molecule has 2 heterocycles. The van der Waals surface area contributed by atoms with Crippen LogP contribution in [0.15, 0.2) is 91.1 Å². The van der Waals surface area contributed by atoms with Gasteiger partial charge in [0.25, 0.3) is 0 Å². The largest absolute Gasteiger partial charge is 0.416 e. The number of nitrogens with one attached hydrogen (secondary N) is 1. The highest BCUT2D eigenvalue weighted by molar-refractivity contribution is 5.94. The molecule has 0 aliphatic carbocycles. The number of aromatic nitrogens is 2. The Kier molecular flexibility index (Phi) is 9.53. The van der Waals surface area contributed by atoms with Crippen molar-refractivity contribution in [3.8, 4) is 16.9 Å². The smallest absolute Gasteiger partial charge is 0.379 e. The van der Waals surface area contributed by atoms with E-state index in [1.165, 1.54) is 21.6 Å². The van der Waals surface area contributed by atoms with Gasteiger partial charge >= 0.3 is 6.18 Å². The molecule has 1 fully saturated rings. The zero-order chi connectivity index (χ0) is 30.2. The fourth-order valence-corrected chi connectivity index (χ4v) is 4.82. The van der Waals surface area contributed by atoms with Gasteiger partial charge in [-0.1, -0.05) is 60.7 Å². The molecule has 0 saturated carbocycles. The Hall–Kier alpha value is -4.48. The molecular formula is C32H32F3N5O3. The van der Waals surface area contributed by atoms with Gasteiger partial charge in [0.05, 0.1) is 37.4 Å². The predicted octanol–water partition coefficient (Wildman–Crippen LogP) is 4.90. The molecule has 4 aromatic rings. The van der Waals surface area contributed by atoms with Crippen LogP contribution in [0.4, 0.5) is 19.1 Å². The van der Waals surface area contributed by atoms with Crippen molar-refractivity contribution in [2.24, 2.45) is 0 Å². The Morgan fingerprint density at radius 2 is 1.56 bits per heavy atom. The minimum atomic E-state index is -4.48. The first kappa shape index (κ1) is 30.0. The third-order valence-electron chi connectivity index (χ3n) is 7.17. The van der Waals surface area contributed by atoms with E-state index in [0.717, 1.165) is 36.3 Å². The summed E-state index contributed by atoms with van der Waals surface area (Å²) < 4.78 is 46.5. The van der Waals surface area contributed by atoms with Crippen LogP contribution in [-0.4, -0.2) is 77.1 Å². The maximum Gasteiger partial charge on any atom is 0.416 e. The second-order valence-corrected chi connectivity index (χ2v) is 10.2. The maximum absolute atomic E-state index is 13.4. The van der Waals surface area contributed by atoms with Gasteiger partial charge in [0, 0.05) is 43.6 Å². The summed E-state index contributed by atoms with van der Waals surface area (Å²) in [5, 5.41) is 2.79. The minimum Gasteiger partial charge on any atom is -0.379 e. The summed E-state index contributed by atoms with van der Waals surface area (Å²) in [6, 6.07) is 23.2. The first-order valence-electron chi connectivity index (χ1n) is 14.0. The van der Waals surface area contributed by atoms with Gasteiger partial charge in [-0.2, -0.15) is 13.2 Å². The number of hydrogen-bond acceptors (Lipinski definition) is 5. The zero-order valence-electron chi connectivity index (χ0n) is 23.5. The summed E-state index contributed by atoms with van der Waals surface area (Å²) >= 11 is 0. The number of carbonyl (C=O) groups is 2. The molecule has 0 unspecified atom stereocenters. The Bertz CT molecular complexity index is 1500. The number of carbonyl (C=O) groups excluding carboxylic acids is 2. The summed E-state index contributed by atoms with van der Waals surface area (Å²) in [4.78, 5) is 35.1. The van der Waals surface area contributed by atoms with Crippen molar-refractivity contribution in [2.75, 3.05) is 51.3 Å². The van der Waals surface area contributed by atoms with Crippen molar-refractivity contribution in [1.29, 1.82) is 0 Å². The molecule has 2 amide bonds. The first-order chi connectivity index (χ1) is 20.8. The molecule has 0 radical (unpaired) electrons. The van der Waals surface area contributed by atoms with Crippen LogP contribution in [0.5, 0.6) is 0 Å². The van der Waals surface area contributed by atoms with Crippen LogP contribution >= 0.6 is 0 Å². The fourth-order valence-electron chi connectivity index (χ4n) is 4.82. The highest BCUT2D eigenvalue weighted by Gasteiger charge is 2.30. The molecule has 1 aliphatic heterocycles. The van der Waals surface area contributed by atoms with Gasteiger partial charge in [-0.05, 0) is 29.8 Å². The lowest BCUT2D eigenvalue weighted by Gasteiger charge is -2.30. The number of rotatable bonds is 10. The third-order valence-corrected chi connectivity index (χ3v) is 7.17. The molecule has 43 heavy (non-hydrogen) atoms. The number of amides is 2. The van der Waals surface area contributed by atoms with Crippen LogP contribution in [0.1, 0.15) is 11.1 Å². The lowest BCUT2D eigenvalue weighted by Crippen LogP contribution is -2.45. The molecule has 5 rings (SSSR count). The van der Waals surface area contributed by atoms with E-state index in [4.69, 9.17) is 4.74 Å². The molecule has 1 aromatic heterocycles. The third kappa shape index (κ3) is 8.08. The molecule has 224 valence electrons. The summed E-state index contributed by atoms with van der Waals surface area (Å²) in [6.07, 6.45) is -2.67. The molecule has 0 bridgehead atoms. The summed E-state index contributed by atoms with van der Waals surface area (Å²) in [5.74, 6) is -0.528. The number of morpholine rings is 1. The highest BCUT2D eigenvalue weighted by atomic mass is 19.4. The van der Waals surface area contributed by atoms with E-state index in [2.05, 4.69) is 15.2 Å². The number of imidazole rings is 1. The van der Waals surface area contributed by atoms with Gasteiger partial charge in [-0.3, -0.25) is 24.4 Å². The SMILES string of the molecule is O=C(CN(CCN1CCOCC1)C(=O)Cc1ccccc1)Nc1nc(-c2ccccc2)cn1-c1ccc(C(F)(F)F)cc1. The number of ether oxygens (including phenoxy) is 1. The minimum absolute atomic E-state index is 0.132. The van der Waals surface area contributed by atoms with Crippen molar-refractivity contribution in [1.82, 2.24) is 19.4 Å². The molecule has 3 aromatic carbocycles. The number of benzene rings is 3. The predicted molar refractivity (Wildman–Crippen MR) is 157 cm³/mol. The molecule has 0 spiro atoms. The van der Waals surface area contributed by atoms with Crippen molar-refractivity contribution >= 4 is 17.8 Å². The summed E-state index contributed by atoms with van der Waals surface area (Å²) in [6.45, 7) is 3.47. The molecular weight excluding hydrogens is 559 g/mol. The summed E-state index contributed by atoms with van der Waals surface area (Å²) in [7, 11) is 0. The topological polar surface area (TPSA) is 79.7 Å². The van der Waals surface area contributed by atoms with Crippen molar-refractivity contribution < 1.29 is 27.5 Å². The normalized spacial score (nSPS) is 13.9. The number of nitrogens with zero attached hydrogens (tertiary/aromatic N) is 4. The molecule has 0 atom stereocenters. The molecule has 1 aliphatic rings. The Morgan fingerprint density at radius 3 is 2.21 bits per heavy atom. The van der Waals surface area contributed by atoms with Crippen LogP contribution < -0.4 is 5.32 Å². The Morgan fingerprint density at radius 1 is 0.907 bits per heavy atom. The lowest BCUT2D eigenvalue weighted by atomic mass is 10.1. The van der Waals surface area contributed by atoms with E-state index in [1.807, 2.05) is 60.7 Å². The van der Waals surface area contributed by atoms with E-state index in [9.17, 15) is 22.8 Å². The van der Waals surface area contributed by atoms with Gasteiger partial charge in [0.15, 0.2) is 0 Å². The monoisotopic (exact) mass is 591 g/mol. The number of halogens is 3. The summed E-state index contributed by atoms with van der Waals surface area (Å²) in [5.41, 5.74) is 1.75. The highest BCUT2D eigenvalue weighted by Crippen LogP contribution is 2.31. The van der Waals surface area contributed by atoms with Crippen molar-refractivity contribution in [2.45, 2.75) is 12.6 Å². The van der Waals surface area contributed by atoms with Crippen LogP contribution in [0.2, 0.25) is 0 Å². The fraction of sp³-hybridized carbons (Fsp3) is 0.281. The van der Waals surface area contributed by atoms with Gasteiger partial charge < -0.3 is 9.64 Å². The van der Waals surface area contributed by atoms with Gasteiger partial charge in [0.2, 0.25) is 17.8 Å². The standard InChI is InChI=1S/C32H32F3N5O3/c33-32(34,35)26-11-13-27(14-12-26)40-22-28(25-9-5-2-6-10-25)36-31(40)37-29(41)23-39(16-15-38-17-19-43-20-18-38)30(42)21-24-7-3-1-4-8-24/h1-14,22H,15-21,23H2,(H,36,37,41). The zero-order valence-corrected chi connectivity index (χ0v) is 23.5. The molecule has 11 heteroatoms. The van der Waals surface area contributed by atoms with Gasteiger partial charge in [0.1, 0.15) is 0 Å². The van der Waals surface area contributed by atoms with Gasteiger partial charge in [-0.25, -0.2) is 4.98 Å². The van der Waals surface area contributed by atoms with Crippen LogP contribution in [0, 0.1) is 0 Å². The van der Waals surface area contributed by atoms with Gasteiger partial charge in [-0.15, -0.1) is 0 Å². The number of hydrogen-bond donors (Lipinski definition) is 1. The Balaban J connectivity index is 1.37. The van der Waals surface area contributed by atoms with E-state index in [1.54, 1.807) is 6.20 Å². The van der Waals surface area contributed by atoms with Crippen LogP contribution in [0.25, 0.3) is 16.9 Å². The maximum atomic E-state index is 13.4. The van der Waals surface area contributed by atoms with E-state index >= 15 is 0 Å². The average molecular weight is 592 g/mol. The van der Waals surface area contributed by atoms with Crippen LogP contribution in [0.3, 0.4) is 0 Å².